The summed E-state index contributed by atoms with van der Waals surface area (Å²) in [5.41, 5.74) is 0. The predicted octanol–water partition coefficient (Wildman–Crippen LogP) is 2.03. The molecule has 1 heterocycles. The molecule has 0 radical (unpaired) electrons. The molecule has 0 aliphatic carbocycles. The maximum atomic E-state index is 5.06. The van der Waals surface area contributed by atoms with E-state index in [1.54, 1.807) is 13.4 Å². The number of rotatable bonds is 7. The van der Waals surface area contributed by atoms with Crippen molar-refractivity contribution in [3.63, 3.8) is 0 Å². The number of hydrogen-bond acceptors (Lipinski definition) is 3. The maximum Gasteiger partial charge on any atom is 0.138 e. The van der Waals surface area contributed by atoms with Gasteiger partial charge in [0.25, 0.3) is 0 Å². The predicted molar refractivity (Wildman–Crippen MR) is 63.2 cm³/mol. The van der Waals surface area contributed by atoms with Crippen molar-refractivity contribution in [3.8, 4) is 0 Å². The van der Waals surface area contributed by atoms with Crippen molar-refractivity contribution in [2.24, 2.45) is 0 Å². The summed E-state index contributed by atoms with van der Waals surface area (Å²) >= 11 is 3.56. The lowest BCUT2D eigenvalue weighted by Crippen LogP contribution is -2.11. The van der Waals surface area contributed by atoms with Gasteiger partial charge in [-0.15, -0.1) is 0 Å². The van der Waals surface area contributed by atoms with Gasteiger partial charge in [-0.1, -0.05) is 22.9 Å². The number of nitrogens with zero attached hydrogens (tertiary/aromatic N) is 3. The fourth-order valence-electron chi connectivity index (χ4n) is 1.43. The second-order valence-electron chi connectivity index (χ2n) is 3.49. The Labute approximate surface area is 99.2 Å². The molecular formula is C10H18BrN3O. The van der Waals surface area contributed by atoms with E-state index in [2.05, 4.69) is 32.9 Å². The van der Waals surface area contributed by atoms with Crippen LogP contribution in [0.1, 0.15) is 25.6 Å². The van der Waals surface area contributed by atoms with Crippen LogP contribution in [0.4, 0.5) is 0 Å². The Balaban J connectivity index is 2.39. The number of aryl methyl sites for hydroxylation is 2. The zero-order valence-corrected chi connectivity index (χ0v) is 10.9. The molecule has 0 bridgehead atoms. The van der Waals surface area contributed by atoms with E-state index in [1.807, 2.05) is 4.68 Å². The highest BCUT2D eigenvalue weighted by Crippen LogP contribution is 2.09. The summed E-state index contributed by atoms with van der Waals surface area (Å²) in [6.07, 6.45) is 4.69. The van der Waals surface area contributed by atoms with Gasteiger partial charge in [-0.3, -0.25) is 4.68 Å². The van der Waals surface area contributed by atoms with Crippen LogP contribution in [0.25, 0.3) is 0 Å². The first kappa shape index (κ1) is 12.6. The quantitative estimate of drug-likeness (QED) is 0.715. The minimum atomic E-state index is 0.397. The summed E-state index contributed by atoms with van der Waals surface area (Å²) in [7, 11) is 1.72. The van der Waals surface area contributed by atoms with Gasteiger partial charge in [-0.25, -0.2) is 4.98 Å². The number of alkyl halides is 1. The Morgan fingerprint density at radius 3 is 3.07 bits per heavy atom. The third-order valence-corrected chi connectivity index (χ3v) is 2.88. The molecule has 0 N–H and O–H groups in total. The molecule has 0 saturated carbocycles. The number of halogens is 1. The van der Waals surface area contributed by atoms with E-state index >= 15 is 0 Å². The molecule has 0 fully saturated rings. The molecule has 0 aliphatic rings. The Morgan fingerprint density at radius 2 is 2.40 bits per heavy atom. The summed E-state index contributed by atoms with van der Waals surface area (Å²) in [5, 5.41) is 4.19. The number of aromatic nitrogens is 3. The highest BCUT2D eigenvalue weighted by Gasteiger charge is 2.08. The maximum absolute atomic E-state index is 5.06. The van der Waals surface area contributed by atoms with Crippen LogP contribution in [0.5, 0.6) is 0 Å². The van der Waals surface area contributed by atoms with Crippen LogP contribution < -0.4 is 0 Å². The molecule has 1 unspecified atom stereocenters. The van der Waals surface area contributed by atoms with Crippen molar-refractivity contribution in [2.75, 3.05) is 13.7 Å². The van der Waals surface area contributed by atoms with Crippen LogP contribution >= 0.6 is 15.9 Å². The van der Waals surface area contributed by atoms with Gasteiger partial charge in [0.05, 0.1) is 6.61 Å². The van der Waals surface area contributed by atoms with Crippen LogP contribution in [-0.2, 0) is 17.7 Å². The Bertz CT molecular complexity index is 277. The van der Waals surface area contributed by atoms with Crippen LogP contribution in [0.15, 0.2) is 6.33 Å². The molecule has 4 nitrogen and oxygen atoms in total. The van der Waals surface area contributed by atoms with E-state index < -0.39 is 0 Å². The second-order valence-corrected chi connectivity index (χ2v) is 4.79. The van der Waals surface area contributed by atoms with Crippen molar-refractivity contribution < 1.29 is 4.74 Å². The zero-order valence-electron chi connectivity index (χ0n) is 9.32. The molecule has 1 aromatic rings. The molecule has 0 amide bonds. The molecule has 0 spiro atoms. The summed E-state index contributed by atoms with van der Waals surface area (Å²) in [4.78, 5) is 4.65. The smallest absolute Gasteiger partial charge is 0.138 e. The monoisotopic (exact) mass is 275 g/mol. The van der Waals surface area contributed by atoms with Gasteiger partial charge in [-0.2, -0.15) is 5.10 Å². The number of hydrogen-bond donors (Lipinski definition) is 0. The lowest BCUT2D eigenvalue weighted by atomic mass is 10.2. The van der Waals surface area contributed by atoms with Gasteiger partial charge in [0.15, 0.2) is 0 Å². The Morgan fingerprint density at radius 1 is 1.60 bits per heavy atom. The van der Waals surface area contributed by atoms with Crippen molar-refractivity contribution in [2.45, 2.75) is 37.6 Å². The molecule has 1 aromatic heterocycles. The largest absolute Gasteiger partial charge is 0.384 e. The van der Waals surface area contributed by atoms with Crippen LogP contribution in [0, 0.1) is 0 Å². The minimum Gasteiger partial charge on any atom is -0.384 e. The van der Waals surface area contributed by atoms with Gasteiger partial charge >= 0.3 is 0 Å². The Kier molecular flexibility index (Phi) is 5.86. The molecule has 0 aliphatic heterocycles. The van der Waals surface area contributed by atoms with Crippen molar-refractivity contribution in [3.05, 3.63) is 12.2 Å². The molecule has 15 heavy (non-hydrogen) atoms. The average molecular weight is 276 g/mol. The standard InChI is InChI=1S/C10H18BrN3O/c1-3-6-14-10(12-8-13-14)5-4-9(11)7-15-2/h8-9H,3-7H2,1-2H3. The van der Waals surface area contributed by atoms with Crippen molar-refractivity contribution in [1.82, 2.24) is 14.8 Å². The van der Waals surface area contributed by atoms with E-state index in [4.69, 9.17) is 4.74 Å². The fourth-order valence-corrected chi connectivity index (χ4v) is 1.92. The normalized spacial score (nSPS) is 13.0. The van der Waals surface area contributed by atoms with E-state index in [1.165, 1.54) is 0 Å². The zero-order chi connectivity index (χ0) is 11.1. The number of methoxy groups -OCH3 is 1. The van der Waals surface area contributed by atoms with Crippen molar-refractivity contribution >= 4 is 15.9 Å². The molecule has 1 rings (SSSR count). The first-order chi connectivity index (χ1) is 7.27. The lowest BCUT2D eigenvalue weighted by molar-refractivity contribution is 0.198. The Hall–Kier alpha value is -0.420. The van der Waals surface area contributed by atoms with Gasteiger partial charge < -0.3 is 4.74 Å². The second kappa shape index (κ2) is 6.95. The van der Waals surface area contributed by atoms with Crippen LogP contribution in [0.3, 0.4) is 0 Å². The molecule has 5 heteroatoms. The summed E-state index contributed by atoms with van der Waals surface area (Å²) in [6.45, 7) is 3.83. The molecule has 86 valence electrons. The third-order valence-electron chi connectivity index (χ3n) is 2.16. The van der Waals surface area contributed by atoms with E-state index in [-0.39, 0.29) is 0 Å². The van der Waals surface area contributed by atoms with Crippen LogP contribution in [-0.4, -0.2) is 33.3 Å². The van der Waals surface area contributed by atoms with Crippen LogP contribution in [0.2, 0.25) is 0 Å². The van der Waals surface area contributed by atoms with Gasteiger partial charge in [0.1, 0.15) is 12.2 Å². The van der Waals surface area contributed by atoms with Gasteiger partial charge in [-0.05, 0) is 12.8 Å². The highest BCUT2D eigenvalue weighted by atomic mass is 79.9. The average Bonchev–Trinajstić information content (AvgIpc) is 2.64. The first-order valence-corrected chi connectivity index (χ1v) is 6.19. The molecule has 0 saturated heterocycles. The summed E-state index contributed by atoms with van der Waals surface area (Å²) in [5.74, 6) is 1.07. The third kappa shape index (κ3) is 4.30. The van der Waals surface area contributed by atoms with Gasteiger partial charge in [0, 0.05) is 24.9 Å². The highest BCUT2D eigenvalue weighted by molar-refractivity contribution is 9.09. The SMILES string of the molecule is CCCn1ncnc1CCC(Br)COC. The van der Waals surface area contributed by atoms with Gasteiger partial charge in [0.2, 0.25) is 0 Å². The van der Waals surface area contributed by atoms with Crippen molar-refractivity contribution in [1.29, 1.82) is 0 Å². The molecule has 1 atom stereocenters. The first-order valence-electron chi connectivity index (χ1n) is 5.27. The minimum absolute atomic E-state index is 0.397. The summed E-state index contributed by atoms with van der Waals surface area (Å²) in [6, 6.07) is 0. The summed E-state index contributed by atoms with van der Waals surface area (Å²) < 4.78 is 7.04. The van der Waals surface area contributed by atoms with E-state index in [9.17, 15) is 0 Å². The number of ether oxygens (including phenoxy) is 1. The topological polar surface area (TPSA) is 39.9 Å². The lowest BCUT2D eigenvalue weighted by Gasteiger charge is -2.08. The molecular weight excluding hydrogens is 258 g/mol. The fraction of sp³-hybridized carbons (Fsp3) is 0.800. The molecule has 0 aromatic carbocycles. The van der Waals surface area contributed by atoms with E-state index in [0.717, 1.165) is 38.2 Å². The van der Waals surface area contributed by atoms with E-state index in [0.29, 0.717) is 4.83 Å².